The second kappa shape index (κ2) is 6.92. The molecular formula is C23H29N3O6. The molecule has 1 spiro atoms. The first-order chi connectivity index (χ1) is 15.1. The lowest BCUT2D eigenvalue weighted by Crippen LogP contribution is -2.77. The minimum Gasteiger partial charge on any atom is -0.477 e. The predicted octanol–water partition coefficient (Wildman–Crippen LogP) is 1.03. The number of piperidine rings is 1. The molecule has 1 saturated heterocycles. The smallest absolute Gasteiger partial charge is 0.405 e. The SMILES string of the molecule is CC(C)[C@H](N)C(=O)Oc1ccc2c3c1O[C@H]1C(=O)CC[C@@]4(OC(N)=O)[C@@H](C2)N(C)CC[C@]314. The Morgan fingerprint density at radius 3 is 2.72 bits per heavy atom. The minimum absolute atomic E-state index is 0.0443. The number of carbonyl (C=O) groups excluding carboxylic acids is 3. The third-order valence-electron chi connectivity index (χ3n) is 7.95. The second-order valence-corrected chi connectivity index (χ2v) is 9.81. The average molecular weight is 444 g/mol. The number of carbonyl (C=O) groups is 3. The van der Waals surface area contributed by atoms with E-state index >= 15 is 0 Å². The fourth-order valence-corrected chi connectivity index (χ4v) is 6.41. The molecule has 1 saturated carbocycles. The number of hydrogen-bond acceptors (Lipinski definition) is 8. The molecule has 0 unspecified atom stereocenters. The summed E-state index contributed by atoms with van der Waals surface area (Å²) >= 11 is 0. The molecule has 5 rings (SSSR count). The zero-order valence-corrected chi connectivity index (χ0v) is 18.6. The van der Waals surface area contributed by atoms with Crippen molar-refractivity contribution in [3.8, 4) is 11.5 Å². The molecule has 172 valence electrons. The van der Waals surface area contributed by atoms with Gasteiger partial charge in [-0.15, -0.1) is 0 Å². The molecule has 9 nitrogen and oxygen atoms in total. The molecular weight excluding hydrogens is 414 g/mol. The van der Waals surface area contributed by atoms with Crippen LogP contribution in [0.25, 0.3) is 0 Å². The van der Waals surface area contributed by atoms with Gasteiger partial charge >= 0.3 is 12.1 Å². The fourth-order valence-electron chi connectivity index (χ4n) is 6.41. The van der Waals surface area contributed by atoms with Crippen molar-refractivity contribution in [3.63, 3.8) is 0 Å². The molecule has 1 aromatic carbocycles. The highest BCUT2D eigenvalue weighted by molar-refractivity contribution is 5.91. The maximum absolute atomic E-state index is 13.1. The third-order valence-corrected chi connectivity index (χ3v) is 7.95. The summed E-state index contributed by atoms with van der Waals surface area (Å²) in [6, 6.07) is 2.70. The molecule has 2 heterocycles. The van der Waals surface area contributed by atoms with Gasteiger partial charge in [0.1, 0.15) is 11.6 Å². The van der Waals surface area contributed by atoms with Crippen LogP contribution in [0, 0.1) is 5.92 Å². The molecule has 2 aliphatic heterocycles. The van der Waals surface area contributed by atoms with Gasteiger partial charge in [0.25, 0.3) is 0 Å². The number of benzene rings is 1. The van der Waals surface area contributed by atoms with Crippen LogP contribution in [0.2, 0.25) is 0 Å². The minimum atomic E-state index is -0.986. The van der Waals surface area contributed by atoms with Crippen molar-refractivity contribution in [1.82, 2.24) is 4.90 Å². The van der Waals surface area contributed by atoms with Gasteiger partial charge in [0.15, 0.2) is 23.4 Å². The Balaban J connectivity index is 1.69. The van der Waals surface area contributed by atoms with Crippen LogP contribution in [0.1, 0.15) is 44.2 Å². The van der Waals surface area contributed by atoms with Gasteiger partial charge in [0.2, 0.25) is 0 Å². The molecule has 0 aromatic heterocycles. The van der Waals surface area contributed by atoms with Crippen LogP contribution in [-0.4, -0.2) is 60.1 Å². The third kappa shape index (κ3) is 2.55. The van der Waals surface area contributed by atoms with Gasteiger partial charge in [-0.1, -0.05) is 19.9 Å². The van der Waals surface area contributed by atoms with Gasteiger partial charge in [0, 0.05) is 12.0 Å². The number of hydrogen-bond donors (Lipinski definition) is 2. The molecule has 5 atom stereocenters. The highest BCUT2D eigenvalue weighted by Crippen LogP contribution is 2.65. The van der Waals surface area contributed by atoms with Crippen LogP contribution in [0.15, 0.2) is 12.1 Å². The number of nitrogens with zero attached hydrogens (tertiary/aromatic N) is 1. The standard InChI is InChI=1S/C23H29N3O6/c1-11(2)17(24)20(28)30-14-5-4-12-10-15-23(32-21(25)29)7-6-13(27)19-22(23,8-9-26(15)3)16(12)18(14)31-19/h4-5,11,15,17,19H,6-10,24H2,1-3H3,(H2,25,29)/t15-,17+,19+,22+,23-/m1/s1. The first-order valence-electron chi connectivity index (χ1n) is 11.1. The predicted molar refractivity (Wildman–Crippen MR) is 113 cm³/mol. The summed E-state index contributed by atoms with van der Waals surface area (Å²) in [4.78, 5) is 40.0. The van der Waals surface area contributed by atoms with E-state index in [-0.39, 0.29) is 29.9 Å². The summed E-state index contributed by atoms with van der Waals surface area (Å²) in [5.74, 6) is -0.0738. The number of nitrogens with two attached hydrogens (primary N) is 2. The zero-order chi connectivity index (χ0) is 23.0. The van der Waals surface area contributed by atoms with Crippen molar-refractivity contribution >= 4 is 17.8 Å². The summed E-state index contributed by atoms with van der Waals surface area (Å²) in [7, 11) is 2.00. The molecule has 1 aromatic rings. The van der Waals surface area contributed by atoms with E-state index in [2.05, 4.69) is 4.90 Å². The number of likely N-dealkylation sites (tertiary alicyclic amines) is 1. The monoisotopic (exact) mass is 443 g/mol. The van der Waals surface area contributed by atoms with Gasteiger partial charge in [-0.25, -0.2) is 9.59 Å². The van der Waals surface area contributed by atoms with E-state index in [4.69, 9.17) is 25.7 Å². The van der Waals surface area contributed by atoms with Gasteiger partial charge in [-0.05, 0) is 50.4 Å². The Bertz CT molecular complexity index is 1030. The Morgan fingerprint density at radius 2 is 2.03 bits per heavy atom. The van der Waals surface area contributed by atoms with Crippen molar-refractivity contribution in [3.05, 3.63) is 23.3 Å². The Labute approximate surface area is 186 Å². The molecule has 1 amide bonds. The average Bonchev–Trinajstić information content (AvgIpc) is 3.09. The number of likely N-dealkylation sites (N-methyl/N-ethyl adjacent to an activating group) is 1. The first kappa shape index (κ1) is 21.2. The van der Waals surface area contributed by atoms with Crippen LogP contribution in [0.5, 0.6) is 11.5 Å². The van der Waals surface area contributed by atoms with Crippen LogP contribution in [0.3, 0.4) is 0 Å². The van der Waals surface area contributed by atoms with Gasteiger partial charge in [-0.2, -0.15) is 0 Å². The van der Waals surface area contributed by atoms with Crippen molar-refractivity contribution in [2.24, 2.45) is 17.4 Å². The van der Waals surface area contributed by atoms with E-state index in [0.717, 1.165) is 11.1 Å². The summed E-state index contributed by atoms with van der Waals surface area (Å²) in [5, 5.41) is 0. The Morgan fingerprint density at radius 1 is 1.28 bits per heavy atom. The number of rotatable bonds is 4. The largest absolute Gasteiger partial charge is 0.477 e. The van der Waals surface area contributed by atoms with E-state index < -0.39 is 35.2 Å². The molecule has 2 bridgehead atoms. The Hall–Kier alpha value is -2.65. The lowest BCUT2D eigenvalue weighted by atomic mass is 9.49. The van der Waals surface area contributed by atoms with E-state index in [1.54, 1.807) is 6.07 Å². The number of esters is 1. The maximum atomic E-state index is 13.1. The van der Waals surface area contributed by atoms with Crippen LogP contribution >= 0.6 is 0 Å². The van der Waals surface area contributed by atoms with E-state index in [1.165, 1.54) is 0 Å². The van der Waals surface area contributed by atoms with E-state index in [9.17, 15) is 14.4 Å². The van der Waals surface area contributed by atoms with Gasteiger partial charge in [-0.3, -0.25) is 9.69 Å². The summed E-state index contributed by atoms with van der Waals surface area (Å²) in [5.41, 5.74) is 11.5. The molecule has 2 aliphatic carbocycles. The number of ketones is 1. The van der Waals surface area contributed by atoms with Crippen LogP contribution < -0.4 is 20.9 Å². The summed E-state index contributed by atoms with van der Waals surface area (Å²) < 4.78 is 17.9. The summed E-state index contributed by atoms with van der Waals surface area (Å²) in [6.45, 7) is 4.39. The van der Waals surface area contributed by atoms with Crippen molar-refractivity contribution < 1.29 is 28.6 Å². The quantitative estimate of drug-likeness (QED) is 0.521. The fraction of sp³-hybridized carbons (Fsp3) is 0.609. The van der Waals surface area contributed by atoms with Crippen molar-refractivity contribution in [1.29, 1.82) is 0 Å². The lowest BCUT2D eigenvalue weighted by Gasteiger charge is -2.62. The highest BCUT2D eigenvalue weighted by atomic mass is 16.6. The molecule has 32 heavy (non-hydrogen) atoms. The number of Topliss-reactive ketones (excluding diaryl/α,β-unsaturated/α-hetero) is 1. The van der Waals surface area contributed by atoms with Crippen LogP contribution in [0.4, 0.5) is 4.79 Å². The summed E-state index contributed by atoms with van der Waals surface area (Å²) in [6.07, 6.45) is 0.0928. The molecule has 4 N–H and O–H groups in total. The normalized spacial score (nSPS) is 33.3. The van der Waals surface area contributed by atoms with Crippen molar-refractivity contribution in [2.45, 2.75) is 68.7 Å². The molecule has 0 radical (unpaired) electrons. The van der Waals surface area contributed by atoms with E-state index in [0.29, 0.717) is 31.6 Å². The van der Waals surface area contributed by atoms with Crippen molar-refractivity contribution in [2.75, 3.05) is 13.6 Å². The Kier molecular flexibility index (Phi) is 4.59. The maximum Gasteiger partial charge on any atom is 0.405 e. The number of amides is 1. The number of primary amides is 1. The lowest BCUT2D eigenvalue weighted by molar-refractivity contribution is -0.184. The topological polar surface area (TPSA) is 134 Å². The van der Waals surface area contributed by atoms with Crippen LogP contribution in [-0.2, 0) is 26.2 Å². The number of ether oxygens (including phenoxy) is 3. The van der Waals surface area contributed by atoms with Gasteiger partial charge in [0.05, 0.1) is 11.5 Å². The molecule has 9 heteroatoms. The highest BCUT2D eigenvalue weighted by Gasteiger charge is 2.75. The van der Waals surface area contributed by atoms with Gasteiger partial charge < -0.3 is 25.7 Å². The molecule has 2 fully saturated rings. The van der Waals surface area contributed by atoms with E-state index in [1.807, 2.05) is 27.0 Å². The second-order valence-electron chi connectivity index (χ2n) is 9.81. The first-order valence-corrected chi connectivity index (χ1v) is 11.1. The zero-order valence-electron chi connectivity index (χ0n) is 18.6. The molecule has 4 aliphatic rings.